The molecule has 0 radical (unpaired) electrons. The summed E-state index contributed by atoms with van der Waals surface area (Å²) in [4.78, 5) is 14.4. The van der Waals surface area contributed by atoms with Crippen LogP contribution in [0.4, 0.5) is 11.4 Å². The van der Waals surface area contributed by atoms with Crippen molar-refractivity contribution in [3.63, 3.8) is 0 Å². The van der Waals surface area contributed by atoms with Crippen molar-refractivity contribution >= 4 is 29.0 Å². The molecule has 0 atom stereocenters. The first kappa shape index (κ1) is 15.2. The molecule has 1 amide bonds. The molecule has 0 aliphatic carbocycles. The number of carbonyl (C=O) groups is 1. The zero-order valence-corrected chi connectivity index (χ0v) is 12.8. The van der Waals surface area contributed by atoms with E-state index in [-0.39, 0.29) is 5.91 Å². The second-order valence-corrected chi connectivity index (χ2v) is 6.35. The highest BCUT2D eigenvalue weighted by Gasteiger charge is 2.11. The molecule has 0 spiro atoms. The number of nitrogens with two attached hydrogens (primary N) is 1. The maximum Gasteiger partial charge on any atom is 0.224 e. The van der Waals surface area contributed by atoms with Gasteiger partial charge in [-0.3, -0.25) is 4.79 Å². The fraction of sp³-hybridized carbons (Fsp3) is 0.533. The van der Waals surface area contributed by atoms with Crippen LogP contribution in [0.5, 0.6) is 0 Å². The summed E-state index contributed by atoms with van der Waals surface area (Å²) in [5.41, 5.74) is 8.31. The van der Waals surface area contributed by atoms with Crippen LogP contribution >= 0.6 is 11.8 Å². The minimum absolute atomic E-state index is 0.0742. The van der Waals surface area contributed by atoms with Crippen LogP contribution in [0.2, 0.25) is 0 Å². The molecule has 1 aliphatic rings. The summed E-state index contributed by atoms with van der Waals surface area (Å²) in [6.45, 7) is 5.25. The van der Waals surface area contributed by atoms with E-state index < -0.39 is 0 Å². The van der Waals surface area contributed by atoms with Crippen molar-refractivity contribution in [1.82, 2.24) is 4.90 Å². The number of benzene rings is 1. The lowest BCUT2D eigenvalue weighted by molar-refractivity contribution is -0.116. The van der Waals surface area contributed by atoms with Gasteiger partial charge in [0.2, 0.25) is 5.91 Å². The lowest BCUT2D eigenvalue weighted by Gasteiger charge is -2.25. The molecule has 4 nitrogen and oxygen atoms in total. The summed E-state index contributed by atoms with van der Waals surface area (Å²) >= 11 is 2.01. The van der Waals surface area contributed by atoms with E-state index in [1.165, 1.54) is 11.5 Å². The minimum Gasteiger partial charge on any atom is -0.398 e. The van der Waals surface area contributed by atoms with Crippen molar-refractivity contribution < 1.29 is 4.79 Å². The Kier molecular flexibility index (Phi) is 5.73. The molecule has 1 heterocycles. The quantitative estimate of drug-likeness (QED) is 0.818. The molecule has 110 valence electrons. The number of carbonyl (C=O) groups excluding carboxylic acids is 1. The first-order chi connectivity index (χ1) is 9.66. The monoisotopic (exact) mass is 293 g/mol. The molecule has 0 aromatic heterocycles. The van der Waals surface area contributed by atoms with Gasteiger partial charge in [0, 0.05) is 42.4 Å². The summed E-state index contributed by atoms with van der Waals surface area (Å²) in [5, 5.41) is 2.95. The molecular formula is C15H23N3OS. The molecule has 1 saturated heterocycles. The molecule has 0 unspecified atom stereocenters. The zero-order valence-electron chi connectivity index (χ0n) is 12.0. The van der Waals surface area contributed by atoms with E-state index in [0.717, 1.165) is 37.3 Å². The maximum atomic E-state index is 11.9. The Balaban J connectivity index is 1.73. The van der Waals surface area contributed by atoms with Crippen LogP contribution in [0.3, 0.4) is 0 Å². The van der Waals surface area contributed by atoms with E-state index in [1.807, 2.05) is 36.9 Å². The van der Waals surface area contributed by atoms with Crippen LogP contribution in [0, 0.1) is 6.92 Å². The van der Waals surface area contributed by atoms with E-state index in [9.17, 15) is 4.79 Å². The normalized spacial score (nSPS) is 16.1. The number of anilines is 2. The summed E-state index contributed by atoms with van der Waals surface area (Å²) in [6.07, 6.45) is 1.48. The van der Waals surface area contributed by atoms with E-state index in [1.54, 1.807) is 0 Å². The fourth-order valence-corrected chi connectivity index (χ4v) is 3.27. The predicted octanol–water partition coefficient (Wildman–Crippen LogP) is 2.34. The zero-order chi connectivity index (χ0) is 14.4. The smallest absolute Gasteiger partial charge is 0.224 e. The number of thioether (sulfide) groups is 1. The second kappa shape index (κ2) is 7.55. The van der Waals surface area contributed by atoms with Crippen LogP contribution in [-0.4, -0.2) is 41.9 Å². The SMILES string of the molecule is Cc1c(N)cccc1NC(=O)CCCN1CCSCC1. The molecule has 5 heteroatoms. The second-order valence-electron chi connectivity index (χ2n) is 5.13. The lowest BCUT2D eigenvalue weighted by atomic mass is 10.1. The molecule has 3 N–H and O–H groups in total. The highest BCUT2D eigenvalue weighted by Crippen LogP contribution is 2.20. The van der Waals surface area contributed by atoms with Crippen molar-refractivity contribution in [2.75, 3.05) is 42.2 Å². The van der Waals surface area contributed by atoms with Crippen molar-refractivity contribution in [2.24, 2.45) is 0 Å². The maximum absolute atomic E-state index is 11.9. The van der Waals surface area contributed by atoms with E-state index in [0.29, 0.717) is 12.1 Å². The van der Waals surface area contributed by atoms with Gasteiger partial charge in [-0.05, 0) is 37.6 Å². The van der Waals surface area contributed by atoms with Crippen LogP contribution in [0.25, 0.3) is 0 Å². The average Bonchev–Trinajstić information content (AvgIpc) is 2.45. The van der Waals surface area contributed by atoms with Crippen molar-refractivity contribution in [3.8, 4) is 0 Å². The Morgan fingerprint density at radius 3 is 2.90 bits per heavy atom. The van der Waals surface area contributed by atoms with Crippen LogP contribution in [-0.2, 0) is 4.79 Å². The predicted molar refractivity (Wildman–Crippen MR) is 87.2 cm³/mol. The van der Waals surface area contributed by atoms with Crippen molar-refractivity contribution in [2.45, 2.75) is 19.8 Å². The fourth-order valence-electron chi connectivity index (χ4n) is 2.29. The summed E-state index contributed by atoms with van der Waals surface area (Å²) in [6, 6.07) is 5.61. The summed E-state index contributed by atoms with van der Waals surface area (Å²) < 4.78 is 0. The van der Waals surface area contributed by atoms with Gasteiger partial charge in [0.25, 0.3) is 0 Å². The van der Waals surface area contributed by atoms with Gasteiger partial charge in [-0.2, -0.15) is 11.8 Å². The third-order valence-corrected chi connectivity index (χ3v) is 4.57. The van der Waals surface area contributed by atoms with Crippen molar-refractivity contribution in [1.29, 1.82) is 0 Å². The van der Waals surface area contributed by atoms with E-state index in [2.05, 4.69) is 10.2 Å². The third-order valence-electron chi connectivity index (χ3n) is 3.63. The Hall–Kier alpha value is -1.20. The lowest BCUT2D eigenvalue weighted by Crippen LogP contribution is -2.33. The van der Waals surface area contributed by atoms with Gasteiger partial charge in [-0.1, -0.05) is 6.07 Å². The van der Waals surface area contributed by atoms with Crippen LogP contribution < -0.4 is 11.1 Å². The first-order valence-corrected chi connectivity index (χ1v) is 8.27. The van der Waals surface area contributed by atoms with Crippen molar-refractivity contribution in [3.05, 3.63) is 23.8 Å². The number of nitrogens with one attached hydrogen (secondary N) is 1. The van der Waals surface area contributed by atoms with Gasteiger partial charge in [0.1, 0.15) is 0 Å². The molecule has 20 heavy (non-hydrogen) atoms. The Bertz CT molecular complexity index is 458. The van der Waals surface area contributed by atoms with Gasteiger partial charge in [0.15, 0.2) is 0 Å². The van der Waals surface area contributed by atoms with Gasteiger partial charge in [-0.25, -0.2) is 0 Å². The van der Waals surface area contributed by atoms with Gasteiger partial charge >= 0.3 is 0 Å². The molecule has 0 saturated carbocycles. The molecule has 1 fully saturated rings. The van der Waals surface area contributed by atoms with E-state index >= 15 is 0 Å². The Morgan fingerprint density at radius 2 is 2.15 bits per heavy atom. The van der Waals surface area contributed by atoms with Gasteiger partial charge in [-0.15, -0.1) is 0 Å². The molecule has 1 aromatic rings. The van der Waals surface area contributed by atoms with Gasteiger partial charge in [0.05, 0.1) is 0 Å². The number of nitrogens with zero attached hydrogens (tertiary/aromatic N) is 1. The van der Waals surface area contributed by atoms with Crippen LogP contribution in [0.15, 0.2) is 18.2 Å². The molecule has 1 aromatic carbocycles. The largest absolute Gasteiger partial charge is 0.398 e. The number of hydrogen-bond donors (Lipinski definition) is 2. The molecule has 1 aliphatic heterocycles. The summed E-state index contributed by atoms with van der Waals surface area (Å²) in [7, 11) is 0. The number of hydrogen-bond acceptors (Lipinski definition) is 4. The Morgan fingerprint density at radius 1 is 1.40 bits per heavy atom. The third kappa shape index (κ3) is 4.42. The van der Waals surface area contributed by atoms with Gasteiger partial charge < -0.3 is 16.0 Å². The topological polar surface area (TPSA) is 58.4 Å². The van der Waals surface area contributed by atoms with Crippen LogP contribution in [0.1, 0.15) is 18.4 Å². The minimum atomic E-state index is 0.0742. The Labute approximate surface area is 125 Å². The van der Waals surface area contributed by atoms with E-state index in [4.69, 9.17) is 5.73 Å². The molecular weight excluding hydrogens is 270 g/mol. The molecule has 0 bridgehead atoms. The molecule has 2 rings (SSSR count). The number of nitrogen functional groups attached to an aromatic ring is 1. The number of amides is 1. The summed E-state index contributed by atoms with van der Waals surface area (Å²) in [5.74, 6) is 2.51. The highest BCUT2D eigenvalue weighted by atomic mass is 32.2. The average molecular weight is 293 g/mol. The number of rotatable bonds is 5. The standard InChI is InChI=1S/C15H23N3OS/c1-12-13(16)4-2-5-14(12)17-15(19)6-3-7-18-8-10-20-11-9-18/h2,4-5H,3,6-11,16H2,1H3,(H,17,19). The highest BCUT2D eigenvalue weighted by molar-refractivity contribution is 7.99. The first-order valence-electron chi connectivity index (χ1n) is 7.12.